The Labute approximate surface area is 161 Å². The van der Waals surface area contributed by atoms with E-state index >= 15 is 0 Å². The third kappa shape index (κ3) is 3.77. The highest BCUT2D eigenvalue weighted by Gasteiger charge is 2.45. The summed E-state index contributed by atoms with van der Waals surface area (Å²) in [6, 6.07) is 5.92. The number of thiophene rings is 1. The van der Waals surface area contributed by atoms with Crippen LogP contribution in [0.15, 0.2) is 53.0 Å². The third-order valence-electron chi connectivity index (χ3n) is 4.01. The number of methoxy groups -OCH3 is 1. The van der Waals surface area contributed by atoms with Gasteiger partial charge in [-0.05, 0) is 29.1 Å². The average molecular weight is 410 g/mol. The number of benzene rings is 1. The Morgan fingerprint density at radius 3 is 2.36 bits per heavy atom. The van der Waals surface area contributed by atoms with E-state index in [-0.39, 0.29) is 16.0 Å². The van der Waals surface area contributed by atoms with Gasteiger partial charge in [0, 0.05) is 0 Å². The van der Waals surface area contributed by atoms with Crippen LogP contribution in [0.4, 0.5) is 18.0 Å². The molecule has 0 saturated heterocycles. The van der Waals surface area contributed by atoms with Crippen LogP contribution in [0.5, 0.6) is 0 Å². The van der Waals surface area contributed by atoms with Crippen LogP contribution < -0.4 is 10.6 Å². The van der Waals surface area contributed by atoms with Crippen molar-refractivity contribution in [3.8, 4) is 0 Å². The van der Waals surface area contributed by atoms with Crippen LogP contribution in [-0.2, 0) is 4.74 Å². The molecule has 1 aliphatic rings. The van der Waals surface area contributed by atoms with Crippen molar-refractivity contribution in [2.45, 2.75) is 12.2 Å². The van der Waals surface area contributed by atoms with Gasteiger partial charge in [0.1, 0.15) is 5.70 Å². The van der Waals surface area contributed by atoms with E-state index in [0.717, 1.165) is 11.3 Å². The molecule has 1 atom stereocenters. The maximum atomic E-state index is 13.6. The lowest BCUT2D eigenvalue weighted by Crippen LogP contribution is -2.49. The molecule has 6 nitrogen and oxygen atoms in total. The zero-order valence-corrected chi connectivity index (χ0v) is 15.1. The van der Waals surface area contributed by atoms with Gasteiger partial charge >= 0.3 is 18.2 Å². The number of alkyl halides is 3. The van der Waals surface area contributed by atoms with Crippen molar-refractivity contribution in [3.05, 3.63) is 69.1 Å². The van der Waals surface area contributed by atoms with E-state index in [1.54, 1.807) is 16.8 Å². The predicted molar refractivity (Wildman–Crippen MR) is 93.9 cm³/mol. The van der Waals surface area contributed by atoms with Gasteiger partial charge in [0.15, 0.2) is 0 Å². The first kappa shape index (κ1) is 19.6. The van der Waals surface area contributed by atoms with Crippen molar-refractivity contribution in [3.63, 3.8) is 0 Å². The standard InChI is InChI=1S/C18H13F3N2O4S/c1-27-16(25)10-6-4-9(5-7-10)13-12(14(24)11-3-2-8-28-11)15(18(19,20)21)23-17(26)22-13/h2-8,13H,1H3,(H2,22,23,26). The van der Waals surface area contributed by atoms with E-state index in [4.69, 9.17) is 0 Å². The summed E-state index contributed by atoms with van der Waals surface area (Å²) < 4.78 is 45.3. The van der Waals surface area contributed by atoms with Gasteiger partial charge in [-0.15, -0.1) is 11.3 Å². The number of halogens is 3. The Kier molecular flexibility index (Phi) is 5.23. The molecule has 1 unspecified atom stereocenters. The Morgan fingerprint density at radius 1 is 1.14 bits per heavy atom. The molecule has 0 saturated carbocycles. The van der Waals surface area contributed by atoms with E-state index in [1.807, 2.05) is 0 Å². The Bertz CT molecular complexity index is 950. The fourth-order valence-corrected chi connectivity index (χ4v) is 3.43. The maximum absolute atomic E-state index is 13.6. The van der Waals surface area contributed by atoms with Gasteiger partial charge in [0.05, 0.1) is 29.2 Å². The zero-order valence-electron chi connectivity index (χ0n) is 14.3. The molecular formula is C18H13F3N2O4S. The molecule has 1 aromatic carbocycles. The minimum absolute atomic E-state index is 0.103. The summed E-state index contributed by atoms with van der Waals surface area (Å²) in [7, 11) is 1.19. The molecule has 2 heterocycles. The van der Waals surface area contributed by atoms with Gasteiger partial charge < -0.3 is 15.4 Å². The summed E-state index contributed by atoms with van der Waals surface area (Å²) in [6.45, 7) is 0. The molecule has 10 heteroatoms. The van der Waals surface area contributed by atoms with Crippen molar-refractivity contribution in [2.75, 3.05) is 7.11 Å². The van der Waals surface area contributed by atoms with Crippen molar-refractivity contribution in [1.29, 1.82) is 0 Å². The first-order chi connectivity index (χ1) is 13.2. The van der Waals surface area contributed by atoms with Crippen LogP contribution in [-0.4, -0.2) is 31.1 Å². The molecule has 0 bridgehead atoms. The SMILES string of the molecule is COC(=O)c1ccc(C2NC(=O)NC(C(F)(F)F)=C2C(=O)c2cccs2)cc1. The minimum atomic E-state index is -4.94. The monoisotopic (exact) mass is 410 g/mol. The number of hydrogen-bond donors (Lipinski definition) is 2. The summed E-state index contributed by atoms with van der Waals surface area (Å²) in [5.41, 5.74) is -1.64. The molecule has 0 radical (unpaired) electrons. The molecule has 2 aromatic rings. The number of amides is 2. The van der Waals surface area contributed by atoms with E-state index in [9.17, 15) is 27.6 Å². The van der Waals surface area contributed by atoms with Gasteiger partial charge in [0.2, 0.25) is 5.78 Å². The third-order valence-corrected chi connectivity index (χ3v) is 4.88. The van der Waals surface area contributed by atoms with E-state index in [0.29, 0.717) is 0 Å². The number of rotatable bonds is 4. The Hall–Kier alpha value is -3.14. The second kappa shape index (κ2) is 7.47. The number of nitrogens with one attached hydrogen (secondary N) is 2. The summed E-state index contributed by atoms with van der Waals surface area (Å²) in [4.78, 5) is 36.3. The lowest BCUT2D eigenvalue weighted by molar-refractivity contribution is -0.0972. The van der Waals surface area contributed by atoms with Gasteiger partial charge in [0.25, 0.3) is 0 Å². The largest absolute Gasteiger partial charge is 0.465 e. The number of urea groups is 1. The molecule has 146 valence electrons. The predicted octanol–water partition coefficient (Wildman–Crippen LogP) is 3.59. The van der Waals surface area contributed by atoms with Crippen LogP contribution in [0, 0.1) is 0 Å². The lowest BCUT2D eigenvalue weighted by atomic mass is 9.91. The van der Waals surface area contributed by atoms with Crippen molar-refractivity contribution in [1.82, 2.24) is 10.6 Å². The molecule has 0 fully saturated rings. The molecule has 1 aliphatic heterocycles. The zero-order chi connectivity index (χ0) is 20.5. The van der Waals surface area contributed by atoms with Crippen LogP contribution in [0.25, 0.3) is 0 Å². The number of ether oxygens (including phenoxy) is 1. The second-order valence-electron chi connectivity index (χ2n) is 5.74. The number of carbonyl (C=O) groups excluding carboxylic acids is 3. The Morgan fingerprint density at radius 2 is 1.82 bits per heavy atom. The van der Waals surface area contributed by atoms with Crippen LogP contribution >= 0.6 is 11.3 Å². The van der Waals surface area contributed by atoms with Gasteiger partial charge in [-0.1, -0.05) is 18.2 Å². The Balaban J connectivity index is 2.12. The van der Waals surface area contributed by atoms with E-state index in [1.165, 1.54) is 37.4 Å². The number of allylic oxidation sites excluding steroid dienone is 1. The van der Waals surface area contributed by atoms with E-state index < -0.39 is 41.3 Å². The summed E-state index contributed by atoms with van der Waals surface area (Å²) in [6.07, 6.45) is -4.94. The number of ketones is 1. The summed E-state index contributed by atoms with van der Waals surface area (Å²) in [5, 5.41) is 5.62. The number of carbonyl (C=O) groups is 3. The number of esters is 1. The highest BCUT2D eigenvalue weighted by molar-refractivity contribution is 7.12. The van der Waals surface area contributed by atoms with Crippen LogP contribution in [0.3, 0.4) is 0 Å². The molecule has 3 rings (SSSR count). The van der Waals surface area contributed by atoms with Gasteiger partial charge in [-0.2, -0.15) is 13.2 Å². The highest BCUT2D eigenvalue weighted by Crippen LogP contribution is 2.37. The fraction of sp³-hybridized carbons (Fsp3) is 0.167. The molecule has 2 N–H and O–H groups in total. The first-order valence-corrected chi connectivity index (χ1v) is 8.75. The average Bonchev–Trinajstić information content (AvgIpc) is 3.20. The van der Waals surface area contributed by atoms with Crippen molar-refractivity contribution in [2.24, 2.45) is 0 Å². The number of Topliss-reactive ketones (excluding diaryl/α,β-unsaturated/α-hetero) is 1. The second-order valence-corrected chi connectivity index (χ2v) is 6.69. The number of hydrogen-bond acceptors (Lipinski definition) is 5. The topological polar surface area (TPSA) is 84.5 Å². The summed E-state index contributed by atoms with van der Waals surface area (Å²) >= 11 is 0.992. The molecule has 28 heavy (non-hydrogen) atoms. The quantitative estimate of drug-likeness (QED) is 0.596. The van der Waals surface area contributed by atoms with Gasteiger partial charge in [-0.3, -0.25) is 4.79 Å². The van der Waals surface area contributed by atoms with Gasteiger partial charge in [-0.25, -0.2) is 9.59 Å². The van der Waals surface area contributed by atoms with Crippen molar-refractivity contribution >= 4 is 29.1 Å². The molecule has 0 aliphatic carbocycles. The summed E-state index contributed by atoms with van der Waals surface area (Å²) in [5.74, 6) is -1.47. The first-order valence-electron chi connectivity index (χ1n) is 7.87. The lowest BCUT2D eigenvalue weighted by Gasteiger charge is -2.30. The molecule has 1 aromatic heterocycles. The van der Waals surface area contributed by atoms with E-state index in [2.05, 4.69) is 10.1 Å². The smallest absolute Gasteiger partial charge is 0.431 e. The van der Waals surface area contributed by atoms with Crippen LogP contribution in [0.1, 0.15) is 31.6 Å². The minimum Gasteiger partial charge on any atom is -0.465 e. The van der Waals surface area contributed by atoms with Crippen LogP contribution in [0.2, 0.25) is 0 Å². The molecule has 2 amide bonds. The fourth-order valence-electron chi connectivity index (χ4n) is 2.75. The van der Waals surface area contributed by atoms with Crippen molar-refractivity contribution < 1.29 is 32.3 Å². The molecular weight excluding hydrogens is 397 g/mol. The maximum Gasteiger partial charge on any atom is 0.431 e. The highest BCUT2D eigenvalue weighted by atomic mass is 32.1. The molecule has 0 spiro atoms. The normalized spacial score (nSPS) is 17.0.